The zero-order valence-electron chi connectivity index (χ0n) is 13.5. The third-order valence-electron chi connectivity index (χ3n) is 3.56. The van der Waals surface area contributed by atoms with Gasteiger partial charge in [-0.25, -0.2) is 0 Å². The van der Waals surface area contributed by atoms with Crippen molar-refractivity contribution in [2.24, 2.45) is 17.1 Å². The van der Waals surface area contributed by atoms with Crippen LogP contribution in [0.25, 0.3) is 0 Å². The van der Waals surface area contributed by atoms with Gasteiger partial charge in [0.2, 0.25) is 5.91 Å². The first kappa shape index (κ1) is 18.4. The minimum atomic E-state index is 0.171. The predicted molar refractivity (Wildman–Crippen MR) is 82.0 cm³/mol. The third-order valence-corrected chi connectivity index (χ3v) is 3.56. The molecule has 0 saturated carbocycles. The van der Waals surface area contributed by atoms with E-state index in [1.807, 2.05) is 14.1 Å². The molecule has 0 spiro atoms. The lowest BCUT2D eigenvalue weighted by Crippen LogP contribution is -2.29. The van der Waals surface area contributed by atoms with Gasteiger partial charge >= 0.3 is 0 Å². The fraction of sp³-hybridized carbons (Fsp3) is 0.933. The number of hydrogen-bond donors (Lipinski definition) is 2. The van der Waals surface area contributed by atoms with Crippen molar-refractivity contribution in [2.75, 3.05) is 33.7 Å². The van der Waals surface area contributed by atoms with Gasteiger partial charge in [-0.2, -0.15) is 0 Å². The van der Waals surface area contributed by atoms with E-state index in [2.05, 4.69) is 31.0 Å². The quantitative estimate of drug-likeness (QED) is 0.629. The molecule has 0 fully saturated rings. The first-order valence-corrected chi connectivity index (χ1v) is 7.39. The van der Waals surface area contributed by atoms with E-state index in [0.29, 0.717) is 18.9 Å². The van der Waals surface area contributed by atoms with Crippen LogP contribution in [0.3, 0.4) is 0 Å². The average Bonchev–Trinajstić information content (AvgIpc) is 2.28. The Labute approximate surface area is 119 Å². The molecule has 0 aliphatic rings. The molecule has 1 unspecified atom stereocenters. The minimum absolute atomic E-state index is 0.171. The van der Waals surface area contributed by atoms with Crippen LogP contribution in [0, 0.1) is 11.3 Å². The number of nitrogens with two attached hydrogens (primary N) is 1. The SMILES string of the molecule is CN(C)CCCNC(=O)CCC(CCN)C(C)(C)C. The molecule has 0 aromatic rings. The number of carbonyl (C=O) groups excluding carboxylic acids is 1. The number of hydrogen-bond acceptors (Lipinski definition) is 3. The number of rotatable bonds is 9. The molecule has 0 aromatic carbocycles. The average molecular weight is 271 g/mol. The molecule has 4 heteroatoms. The van der Waals surface area contributed by atoms with Crippen LogP contribution in [-0.4, -0.2) is 44.5 Å². The molecule has 19 heavy (non-hydrogen) atoms. The number of nitrogens with zero attached hydrogens (tertiary/aromatic N) is 1. The first-order valence-electron chi connectivity index (χ1n) is 7.39. The highest BCUT2D eigenvalue weighted by Crippen LogP contribution is 2.31. The lowest BCUT2D eigenvalue weighted by atomic mass is 9.76. The van der Waals surface area contributed by atoms with Crippen molar-refractivity contribution in [2.45, 2.75) is 46.5 Å². The van der Waals surface area contributed by atoms with Gasteiger partial charge in [-0.05, 0) is 57.8 Å². The molecule has 0 aromatic heterocycles. The van der Waals surface area contributed by atoms with Crippen LogP contribution in [0.15, 0.2) is 0 Å². The van der Waals surface area contributed by atoms with Gasteiger partial charge in [0.25, 0.3) is 0 Å². The molecule has 0 radical (unpaired) electrons. The number of amides is 1. The molecular formula is C15H33N3O. The molecular weight excluding hydrogens is 238 g/mol. The molecule has 1 atom stereocenters. The van der Waals surface area contributed by atoms with E-state index in [1.165, 1.54) is 0 Å². The second-order valence-electron chi connectivity index (χ2n) is 6.69. The largest absolute Gasteiger partial charge is 0.356 e. The van der Waals surface area contributed by atoms with E-state index in [-0.39, 0.29) is 11.3 Å². The molecule has 0 heterocycles. The molecule has 0 aliphatic heterocycles. The van der Waals surface area contributed by atoms with Crippen LogP contribution in [0.5, 0.6) is 0 Å². The van der Waals surface area contributed by atoms with Crippen LogP contribution in [0.2, 0.25) is 0 Å². The maximum atomic E-state index is 11.8. The highest BCUT2D eigenvalue weighted by atomic mass is 16.1. The van der Waals surface area contributed by atoms with Crippen molar-refractivity contribution >= 4 is 5.91 Å². The van der Waals surface area contributed by atoms with Gasteiger partial charge in [0.15, 0.2) is 0 Å². The monoisotopic (exact) mass is 271 g/mol. The Morgan fingerprint density at radius 1 is 1.26 bits per heavy atom. The Bertz CT molecular complexity index is 246. The summed E-state index contributed by atoms with van der Waals surface area (Å²) in [5.74, 6) is 0.690. The highest BCUT2D eigenvalue weighted by Gasteiger charge is 2.24. The Morgan fingerprint density at radius 3 is 2.37 bits per heavy atom. The summed E-state index contributed by atoms with van der Waals surface area (Å²) in [5, 5.41) is 2.99. The number of nitrogens with one attached hydrogen (secondary N) is 1. The van der Waals surface area contributed by atoms with Crippen molar-refractivity contribution in [3.63, 3.8) is 0 Å². The zero-order valence-corrected chi connectivity index (χ0v) is 13.5. The van der Waals surface area contributed by atoms with Gasteiger partial charge in [0.05, 0.1) is 0 Å². The Kier molecular flexibility index (Phi) is 9.02. The second-order valence-corrected chi connectivity index (χ2v) is 6.69. The summed E-state index contributed by atoms with van der Waals surface area (Å²) in [7, 11) is 4.09. The third kappa shape index (κ3) is 9.91. The fourth-order valence-corrected chi connectivity index (χ4v) is 2.23. The molecule has 0 bridgehead atoms. The molecule has 3 N–H and O–H groups in total. The van der Waals surface area contributed by atoms with Crippen molar-refractivity contribution in [3.8, 4) is 0 Å². The Morgan fingerprint density at radius 2 is 1.89 bits per heavy atom. The Balaban J connectivity index is 3.86. The minimum Gasteiger partial charge on any atom is -0.356 e. The Hall–Kier alpha value is -0.610. The van der Waals surface area contributed by atoms with Gasteiger partial charge in [-0.1, -0.05) is 20.8 Å². The lowest BCUT2D eigenvalue weighted by Gasteiger charge is -2.30. The summed E-state index contributed by atoms with van der Waals surface area (Å²) in [5.41, 5.74) is 5.88. The van der Waals surface area contributed by atoms with Gasteiger partial charge in [-0.15, -0.1) is 0 Å². The van der Waals surface area contributed by atoms with Crippen molar-refractivity contribution in [1.29, 1.82) is 0 Å². The van der Waals surface area contributed by atoms with E-state index >= 15 is 0 Å². The van der Waals surface area contributed by atoms with Crippen molar-refractivity contribution in [1.82, 2.24) is 10.2 Å². The molecule has 114 valence electrons. The standard InChI is InChI=1S/C15H33N3O/c1-15(2,3)13(9-10-16)7-8-14(19)17-11-6-12-18(4)5/h13H,6-12,16H2,1-5H3,(H,17,19). The van der Waals surface area contributed by atoms with Crippen LogP contribution in [0.4, 0.5) is 0 Å². The van der Waals surface area contributed by atoms with E-state index in [1.54, 1.807) is 0 Å². The molecule has 0 aliphatic carbocycles. The maximum Gasteiger partial charge on any atom is 0.220 e. The zero-order chi connectivity index (χ0) is 14.9. The van der Waals surface area contributed by atoms with Crippen LogP contribution < -0.4 is 11.1 Å². The van der Waals surface area contributed by atoms with Crippen molar-refractivity contribution < 1.29 is 4.79 Å². The maximum absolute atomic E-state index is 11.8. The van der Waals surface area contributed by atoms with Crippen LogP contribution >= 0.6 is 0 Å². The van der Waals surface area contributed by atoms with E-state index in [4.69, 9.17) is 5.73 Å². The summed E-state index contributed by atoms with van der Waals surface area (Å²) in [4.78, 5) is 13.9. The first-order chi connectivity index (χ1) is 8.77. The van der Waals surface area contributed by atoms with Gasteiger partial charge in [0.1, 0.15) is 0 Å². The smallest absolute Gasteiger partial charge is 0.220 e. The van der Waals surface area contributed by atoms with Crippen molar-refractivity contribution in [3.05, 3.63) is 0 Å². The molecule has 4 nitrogen and oxygen atoms in total. The molecule has 0 saturated heterocycles. The van der Waals surface area contributed by atoms with E-state index < -0.39 is 0 Å². The van der Waals surface area contributed by atoms with Gasteiger partial charge in [0, 0.05) is 13.0 Å². The van der Waals surface area contributed by atoms with Gasteiger partial charge in [-0.3, -0.25) is 4.79 Å². The van der Waals surface area contributed by atoms with Crippen LogP contribution in [-0.2, 0) is 4.79 Å². The van der Waals surface area contributed by atoms with Gasteiger partial charge < -0.3 is 16.0 Å². The summed E-state index contributed by atoms with van der Waals surface area (Å²) >= 11 is 0. The second kappa shape index (κ2) is 9.32. The lowest BCUT2D eigenvalue weighted by molar-refractivity contribution is -0.121. The van der Waals surface area contributed by atoms with Crippen LogP contribution in [0.1, 0.15) is 46.5 Å². The topological polar surface area (TPSA) is 58.4 Å². The predicted octanol–water partition coefficient (Wildman–Crippen LogP) is 1.85. The molecule has 1 amide bonds. The van der Waals surface area contributed by atoms with E-state index in [0.717, 1.165) is 32.4 Å². The van der Waals surface area contributed by atoms with E-state index in [9.17, 15) is 4.79 Å². The summed E-state index contributed by atoms with van der Waals surface area (Å²) < 4.78 is 0. The highest BCUT2D eigenvalue weighted by molar-refractivity contribution is 5.75. The summed E-state index contributed by atoms with van der Waals surface area (Å²) in [6.07, 6.45) is 3.55. The summed E-state index contributed by atoms with van der Waals surface area (Å²) in [6.45, 7) is 9.16. The normalized spacial score (nSPS) is 13.6. The fourth-order valence-electron chi connectivity index (χ4n) is 2.23. The number of carbonyl (C=O) groups is 1. The molecule has 0 rings (SSSR count). The summed E-state index contributed by atoms with van der Waals surface area (Å²) in [6, 6.07) is 0.